The lowest BCUT2D eigenvalue weighted by atomic mass is 10.0. The normalized spacial score (nSPS) is 18.9. The molecule has 0 unspecified atom stereocenters. The fourth-order valence-electron chi connectivity index (χ4n) is 2.70. The van der Waals surface area contributed by atoms with E-state index in [1.54, 1.807) is 7.11 Å². The van der Waals surface area contributed by atoms with E-state index >= 15 is 0 Å². The minimum atomic E-state index is 0.243. The van der Waals surface area contributed by atoms with Gasteiger partial charge in [-0.1, -0.05) is 23.8 Å². The summed E-state index contributed by atoms with van der Waals surface area (Å²) in [5.41, 5.74) is 3.57. The van der Waals surface area contributed by atoms with Crippen molar-refractivity contribution in [1.29, 1.82) is 0 Å². The molecule has 104 valence electrons. The predicted molar refractivity (Wildman–Crippen MR) is 76.2 cm³/mol. The quantitative estimate of drug-likeness (QED) is 0.832. The van der Waals surface area contributed by atoms with Crippen molar-refractivity contribution in [1.82, 2.24) is 4.90 Å². The number of hydrogen-bond acceptors (Lipinski definition) is 2. The summed E-state index contributed by atoms with van der Waals surface area (Å²) in [6, 6.07) is 6.30. The van der Waals surface area contributed by atoms with Gasteiger partial charge in [-0.2, -0.15) is 0 Å². The van der Waals surface area contributed by atoms with Gasteiger partial charge in [-0.05, 0) is 31.4 Å². The van der Waals surface area contributed by atoms with Crippen molar-refractivity contribution in [3.8, 4) is 0 Å². The van der Waals surface area contributed by atoms with Crippen LogP contribution in [-0.2, 0) is 16.0 Å². The summed E-state index contributed by atoms with van der Waals surface area (Å²) in [6.45, 7) is 6.61. The highest BCUT2D eigenvalue weighted by atomic mass is 16.5. The van der Waals surface area contributed by atoms with Crippen molar-refractivity contribution in [3.05, 3.63) is 34.9 Å². The molecule has 1 aromatic carbocycles. The van der Waals surface area contributed by atoms with Gasteiger partial charge in [0.05, 0.1) is 13.0 Å². The summed E-state index contributed by atoms with van der Waals surface area (Å²) in [4.78, 5) is 14.3. The molecule has 1 aliphatic heterocycles. The first-order chi connectivity index (χ1) is 9.10. The highest BCUT2D eigenvalue weighted by Crippen LogP contribution is 2.19. The molecule has 2 rings (SSSR count). The third kappa shape index (κ3) is 3.57. The summed E-state index contributed by atoms with van der Waals surface area (Å²) < 4.78 is 5.17. The molecule has 0 aliphatic carbocycles. The van der Waals surface area contributed by atoms with E-state index in [0.29, 0.717) is 12.3 Å². The fraction of sp³-hybridized carbons (Fsp3) is 0.562. The Morgan fingerprint density at radius 1 is 1.42 bits per heavy atom. The molecule has 0 bridgehead atoms. The molecule has 1 amide bonds. The van der Waals surface area contributed by atoms with E-state index in [9.17, 15) is 4.79 Å². The summed E-state index contributed by atoms with van der Waals surface area (Å²) in [5.74, 6) is 0.750. The highest BCUT2D eigenvalue weighted by Gasteiger charge is 2.26. The Morgan fingerprint density at radius 3 is 2.95 bits per heavy atom. The number of hydrogen-bond donors (Lipinski definition) is 0. The van der Waals surface area contributed by atoms with E-state index in [1.807, 2.05) is 4.90 Å². The lowest BCUT2D eigenvalue weighted by molar-refractivity contribution is -0.129. The summed E-state index contributed by atoms with van der Waals surface area (Å²) >= 11 is 0. The molecule has 1 fully saturated rings. The van der Waals surface area contributed by atoms with Crippen LogP contribution in [0.1, 0.15) is 23.1 Å². The standard InChI is InChI=1S/C16H23NO2/c1-12-4-5-13(2)15(8-12)9-16(18)17-7-6-14(10-17)11-19-3/h4-5,8,14H,6-7,9-11H2,1-3H3/t14-/m1/s1. The molecule has 1 atom stereocenters. The van der Waals surface area contributed by atoms with Gasteiger partial charge in [-0.15, -0.1) is 0 Å². The molecule has 0 radical (unpaired) electrons. The second-order valence-electron chi connectivity index (χ2n) is 5.56. The van der Waals surface area contributed by atoms with Crippen LogP contribution in [0.4, 0.5) is 0 Å². The van der Waals surface area contributed by atoms with Crippen LogP contribution in [0.15, 0.2) is 18.2 Å². The maximum Gasteiger partial charge on any atom is 0.227 e. The number of carbonyl (C=O) groups is 1. The molecule has 0 N–H and O–H groups in total. The van der Waals surface area contributed by atoms with Crippen LogP contribution in [0, 0.1) is 19.8 Å². The van der Waals surface area contributed by atoms with Gasteiger partial charge in [0.1, 0.15) is 0 Å². The topological polar surface area (TPSA) is 29.5 Å². The Morgan fingerprint density at radius 2 is 2.21 bits per heavy atom. The first-order valence-electron chi connectivity index (χ1n) is 6.93. The predicted octanol–water partition coefficient (Wildman–Crippen LogP) is 2.34. The number of rotatable bonds is 4. The van der Waals surface area contributed by atoms with Crippen LogP contribution < -0.4 is 0 Å². The zero-order valence-electron chi connectivity index (χ0n) is 12.1. The molecular formula is C16H23NO2. The third-order valence-electron chi connectivity index (χ3n) is 3.89. The summed E-state index contributed by atoms with van der Waals surface area (Å²) in [6.07, 6.45) is 1.58. The number of ether oxygens (including phenoxy) is 1. The number of aryl methyl sites for hydroxylation is 2. The Hall–Kier alpha value is -1.35. The third-order valence-corrected chi connectivity index (χ3v) is 3.89. The molecule has 0 saturated carbocycles. The van der Waals surface area contributed by atoms with Crippen molar-refractivity contribution >= 4 is 5.91 Å². The Bertz CT molecular complexity index is 456. The maximum atomic E-state index is 12.3. The SMILES string of the molecule is COC[C@@H]1CCN(C(=O)Cc2cc(C)ccc2C)C1. The molecular weight excluding hydrogens is 238 g/mol. The molecule has 1 aliphatic rings. The first-order valence-corrected chi connectivity index (χ1v) is 6.93. The Kier molecular flexibility index (Phi) is 4.59. The molecule has 1 heterocycles. The molecule has 1 aromatic rings. The van der Waals surface area contributed by atoms with Crippen molar-refractivity contribution in [2.75, 3.05) is 26.8 Å². The molecule has 19 heavy (non-hydrogen) atoms. The van der Waals surface area contributed by atoms with Gasteiger partial charge in [0.2, 0.25) is 5.91 Å². The van der Waals surface area contributed by atoms with Gasteiger partial charge in [0.25, 0.3) is 0 Å². The second kappa shape index (κ2) is 6.20. The fourth-order valence-corrected chi connectivity index (χ4v) is 2.70. The zero-order valence-corrected chi connectivity index (χ0v) is 12.1. The Balaban J connectivity index is 1.96. The second-order valence-corrected chi connectivity index (χ2v) is 5.56. The smallest absolute Gasteiger partial charge is 0.227 e. The number of likely N-dealkylation sites (tertiary alicyclic amines) is 1. The van der Waals surface area contributed by atoms with E-state index in [4.69, 9.17) is 4.74 Å². The molecule has 3 nitrogen and oxygen atoms in total. The van der Waals surface area contributed by atoms with Crippen LogP contribution in [0.2, 0.25) is 0 Å². The lowest BCUT2D eigenvalue weighted by Gasteiger charge is -2.17. The molecule has 3 heteroatoms. The van der Waals surface area contributed by atoms with Gasteiger partial charge >= 0.3 is 0 Å². The van der Waals surface area contributed by atoms with Gasteiger partial charge in [-0.25, -0.2) is 0 Å². The molecule has 0 aromatic heterocycles. The van der Waals surface area contributed by atoms with E-state index in [2.05, 4.69) is 32.0 Å². The lowest BCUT2D eigenvalue weighted by Crippen LogP contribution is -2.30. The van der Waals surface area contributed by atoms with E-state index in [-0.39, 0.29) is 5.91 Å². The van der Waals surface area contributed by atoms with Gasteiger partial charge in [-0.3, -0.25) is 4.79 Å². The Labute approximate surface area is 115 Å². The minimum Gasteiger partial charge on any atom is -0.384 e. The highest BCUT2D eigenvalue weighted by molar-refractivity contribution is 5.79. The van der Waals surface area contributed by atoms with Crippen LogP contribution >= 0.6 is 0 Å². The van der Waals surface area contributed by atoms with Crippen LogP contribution in [0.3, 0.4) is 0 Å². The first kappa shape index (κ1) is 14.1. The number of methoxy groups -OCH3 is 1. The summed E-state index contributed by atoms with van der Waals surface area (Å²) in [7, 11) is 1.72. The molecule has 1 saturated heterocycles. The monoisotopic (exact) mass is 261 g/mol. The van der Waals surface area contributed by atoms with Gasteiger partial charge in [0, 0.05) is 26.1 Å². The van der Waals surface area contributed by atoms with Gasteiger partial charge < -0.3 is 9.64 Å². The van der Waals surface area contributed by atoms with Crippen LogP contribution in [0.5, 0.6) is 0 Å². The largest absolute Gasteiger partial charge is 0.384 e. The number of benzene rings is 1. The van der Waals surface area contributed by atoms with E-state index in [0.717, 1.165) is 31.7 Å². The molecule has 0 spiro atoms. The van der Waals surface area contributed by atoms with Crippen molar-refractivity contribution in [2.24, 2.45) is 5.92 Å². The number of carbonyl (C=O) groups excluding carboxylic acids is 1. The minimum absolute atomic E-state index is 0.243. The van der Waals surface area contributed by atoms with Crippen molar-refractivity contribution < 1.29 is 9.53 Å². The van der Waals surface area contributed by atoms with Crippen molar-refractivity contribution in [2.45, 2.75) is 26.7 Å². The average Bonchev–Trinajstić information content (AvgIpc) is 2.83. The summed E-state index contributed by atoms with van der Waals surface area (Å²) in [5, 5.41) is 0. The maximum absolute atomic E-state index is 12.3. The van der Waals surface area contributed by atoms with Gasteiger partial charge in [0.15, 0.2) is 0 Å². The zero-order chi connectivity index (χ0) is 13.8. The van der Waals surface area contributed by atoms with Crippen LogP contribution in [-0.4, -0.2) is 37.6 Å². The average molecular weight is 261 g/mol. The van der Waals surface area contributed by atoms with Crippen molar-refractivity contribution in [3.63, 3.8) is 0 Å². The number of amides is 1. The van der Waals surface area contributed by atoms with E-state index < -0.39 is 0 Å². The van der Waals surface area contributed by atoms with Crippen LogP contribution in [0.25, 0.3) is 0 Å². The number of nitrogens with zero attached hydrogens (tertiary/aromatic N) is 1. The van der Waals surface area contributed by atoms with E-state index in [1.165, 1.54) is 11.1 Å².